The Bertz CT molecular complexity index is 453. The maximum absolute atomic E-state index is 11.7. The van der Waals surface area contributed by atoms with Crippen LogP contribution < -0.4 is 4.90 Å². The van der Waals surface area contributed by atoms with Crippen molar-refractivity contribution in [2.45, 2.75) is 31.3 Å². The largest absolute Gasteiger partial charge is 0.369 e. The van der Waals surface area contributed by atoms with Crippen LogP contribution in [-0.4, -0.2) is 29.4 Å². The highest BCUT2D eigenvalue weighted by atomic mass is 79.9. The third-order valence-electron chi connectivity index (χ3n) is 3.10. The lowest BCUT2D eigenvalue weighted by molar-refractivity contribution is 0.101. The molecule has 0 radical (unpaired) electrons. The average Bonchev–Trinajstić information content (AvgIpc) is 2.27. The predicted molar refractivity (Wildman–Crippen MR) is 82.9 cm³/mol. The summed E-state index contributed by atoms with van der Waals surface area (Å²) in [5.41, 5.74) is 1.89. The highest BCUT2D eigenvalue weighted by molar-refractivity contribution is 9.10. The van der Waals surface area contributed by atoms with Crippen LogP contribution in [0.15, 0.2) is 22.7 Å². The van der Waals surface area contributed by atoms with Gasteiger partial charge in [-0.1, -0.05) is 29.8 Å². The molecule has 1 fully saturated rings. The van der Waals surface area contributed by atoms with E-state index < -0.39 is 0 Å². The van der Waals surface area contributed by atoms with Crippen LogP contribution in [0.5, 0.6) is 0 Å². The molecule has 0 spiro atoms. The molecule has 0 aromatic heterocycles. The molecule has 0 N–H and O–H groups in total. The third kappa shape index (κ3) is 3.09. The number of halogens is 1. The second-order valence-electron chi connectivity index (χ2n) is 4.88. The topological polar surface area (TPSA) is 20.3 Å². The summed E-state index contributed by atoms with van der Waals surface area (Å²) in [6.45, 7) is 8.15. The van der Waals surface area contributed by atoms with Gasteiger partial charge in [0.1, 0.15) is 0 Å². The van der Waals surface area contributed by atoms with Gasteiger partial charge in [-0.2, -0.15) is 11.8 Å². The van der Waals surface area contributed by atoms with Gasteiger partial charge in [-0.15, -0.1) is 0 Å². The molecular weight excluding hydrogens is 310 g/mol. The van der Waals surface area contributed by atoms with Crippen LogP contribution in [0.4, 0.5) is 5.69 Å². The Kier molecular flexibility index (Phi) is 4.38. The van der Waals surface area contributed by atoms with Crippen molar-refractivity contribution in [1.29, 1.82) is 0 Å². The zero-order chi connectivity index (χ0) is 13.3. The van der Waals surface area contributed by atoms with E-state index in [4.69, 9.17) is 0 Å². The summed E-state index contributed by atoms with van der Waals surface area (Å²) >= 11 is 5.52. The van der Waals surface area contributed by atoms with Gasteiger partial charge >= 0.3 is 0 Å². The summed E-state index contributed by atoms with van der Waals surface area (Å²) in [6, 6.07) is 5.91. The van der Waals surface area contributed by atoms with Gasteiger partial charge in [-0.05, 0) is 25.1 Å². The van der Waals surface area contributed by atoms with E-state index in [9.17, 15) is 4.79 Å². The smallest absolute Gasteiger partial charge is 0.161 e. The summed E-state index contributed by atoms with van der Waals surface area (Å²) in [5, 5.41) is 1.21. The van der Waals surface area contributed by atoms with Gasteiger partial charge < -0.3 is 4.90 Å². The summed E-state index contributed by atoms with van der Waals surface area (Å²) in [7, 11) is 0. The van der Waals surface area contributed by atoms with E-state index in [1.54, 1.807) is 6.92 Å². The number of anilines is 1. The van der Waals surface area contributed by atoms with Crippen molar-refractivity contribution in [2.75, 3.05) is 18.0 Å². The molecule has 2 rings (SSSR count). The van der Waals surface area contributed by atoms with E-state index in [0.717, 1.165) is 28.8 Å². The summed E-state index contributed by atoms with van der Waals surface area (Å²) in [4.78, 5) is 14.1. The van der Waals surface area contributed by atoms with E-state index >= 15 is 0 Å². The van der Waals surface area contributed by atoms with Crippen molar-refractivity contribution < 1.29 is 4.79 Å². The normalized spacial score (nSPS) is 24.1. The van der Waals surface area contributed by atoms with Crippen LogP contribution in [-0.2, 0) is 0 Å². The van der Waals surface area contributed by atoms with Crippen LogP contribution >= 0.6 is 27.7 Å². The predicted octanol–water partition coefficient (Wildman–Crippen LogP) is 3.98. The van der Waals surface area contributed by atoms with E-state index in [0.29, 0.717) is 10.5 Å². The second kappa shape index (κ2) is 5.66. The highest BCUT2D eigenvalue weighted by Crippen LogP contribution is 2.32. The van der Waals surface area contributed by atoms with Crippen molar-refractivity contribution >= 4 is 39.2 Å². The number of hydrogen-bond acceptors (Lipinski definition) is 3. The molecule has 18 heavy (non-hydrogen) atoms. The Hall–Kier alpha value is -0.480. The van der Waals surface area contributed by atoms with E-state index in [-0.39, 0.29) is 5.78 Å². The molecule has 1 heterocycles. The minimum atomic E-state index is 0.135. The van der Waals surface area contributed by atoms with E-state index in [2.05, 4.69) is 40.7 Å². The Morgan fingerprint density at radius 2 is 1.94 bits per heavy atom. The Labute approximate surface area is 121 Å². The Morgan fingerprint density at radius 1 is 1.33 bits per heavy atom. The first-order valence-electron chi connectivity index (χ1n) is 6.18. The Balaban J connectivity index is 2.36. The number of carbonyl (C=O) groups excluding carboxylic acids is 1. The number of nitrogens with zero attached hydrogens (tertiary/aromatic N) is 1. The van der Waals surface area contributed by atoms with Crippen LogP contribution in [0.1, 0.15) is 31.1 Å². The first kappa shape index (κ1) is 13.9. The van der Waals surface area contributed by atoms with Crippen molar-refractivity contribution in [2.24, 2.45) is 0 Å². The number of rotatable bonds is 2. The monoisotopic (exact) mass is 327 g/mol. The number of carbonyl (C=O) groups is 1. The molecule has 0 bridgehead atoms. The molecule has 2 atom stereocenters. The maximum Gasteiger partial charge on any atom is 0.161 e. The van der Waals surface area contributed by atoms with Crippen LogP contribution in [0.25, 0.3) is 0 Å². The van der Waals surface area contributed by atoms with Crippen LogP contribution in [0.3, 0.4) is 0 Å². The van der Waals surface area contributed by atoms with Crippen molar-refractivity contribution in [3.8, 4) is 0 Å². The zero-order valence-electron chi connectivity index (χ0n) is 10.9. The average molecular weight is 328 g/mol. The molecule has 2 nitrogen and oxygen atoms in total. The zero-order valence-corrected chi connectivity index (χ0v) is 13.3. The number of ketones is 1. The number of thioether (sulfide) groups is 1. The lowest BCUT2D eigenvalue weighted by Crippen LogP contribution is -2.41. The van der Waals surface area contributed by atoms with Gasteiger partial charge in [-0.3, -0.25) is 4.79 Å². The molecule has 1 aliphatic rings. The quantitative estimate of drug-likeness (QED) is 0.766. The molecule has 1 aromatic rings. The van der Waals surface area contributed by atoms with E-state index in [1.807, 2.05) is 23.9 Å². The molecule has 98 valence electrons. The van der Waals surface area contributed by atoms with Crippen LogP contribution in [0, 0.1) is 0 Å². The standard InChI is InChI=1S/C14H18BrNOS/c1-9-7-16(8-10(2)18-9)14-6-12(15)4-5-13(14)11(3)17/h4-6,9-10H,7-8H2,1-3H3. The fourth-order valence-corrected chi connectivity index (χ4v) is 4.11. The van der Waals surface area contributed by atoms with Crippen molar-refractivity contribution in [1.82, 2.24) is 0 Å². The third-order valence-corrected chi connectivity index (χ3v) is 4.82. The minimum Gasteiger partial charge on any atom is -0.369 e. The molecule has 1 aromatic carbocycles. The van der Waals surface area contributed by atoms with Crippen molar-refractivity contribution in [3.63, 3.8) is 0 Å². The maximum atomic E-state index is 11.7. The lowest BCUT2D eigenvalue weighted by atomic mass is 10.1. The van der Waals surface area contributed by atoms with Crippen molar-refractivity contribution in [3.05, 3.63) is 28.2 Å². The minimum absolute atomic E-state index is 0.135. The molecule has 0 aliphatic carbocycles. The fraction of sp³-hybridized carbons (Fsp3) is 0.500. The number of Topliss-reactive ketones (excluding diaryl/α,β-unsaturated/α-hetero) is 1. The van der Waals surface area contributed by atoms with Gasteiger partial charge in [0.05, 0.1) is 0 Å². The molecule has 2 unspecified atom stereocenters. The van der Waals surface area contributed by atoms with E-state index in [1.165, 1.54) is 0 Å². The number of benzene rings is 1. The summed E-state index contributed by atoms with van der Waals surface area (Å²) in [5.74, 6) is 0.135. The molecule has 4 heteroatoms. The highest BCUT2D eigenvalue weighted by Gasteiger charge is 2.24. The summed E-state index contributed by atoms with van der Waals surface area (Å²) < 4.78 is 1.03. The first-order chi connectivity index (χ1) is 8.47. The molecule has 1 saturated heterocycles. The molecule has 0 saturated carbocycles. The fourth-order valence-electron chi connectivity index (χ4n) is 2.44. The van der Waals surface area contributed by atoms with Crippen LogP contribution in [0.2, 0.25) is 0 Å². The lowest BCUT2D eigenvalue weighted by Gasteiger charge is -2.37. The van der Waals surface area contributed by atoms with Gasteiger partial charge in [0.2, 0.25) is 0 Å². The number of hydrogen-bond donors (Lipinski definition) is 0. The first-order valence-corrected chi connectivity index (χ1v) is 7.92. The van der Waals surface area contributed by atoms with Gasteiger partial charge in [0, 0.05) is 39.3 Å². The molecule has 1 aliphatic heterocycles. The SMILES string of the molecule is CC(=O)c1ccc(Br)cc1N1CC(C)SC(C)C1. The van der Waals surface area contributed by atoms with Gasteiger partial charge in [-0.25, -0.2) is 0 Å². The Morgan fingerprint density at radius 3 is 2.50 bits per heavy atom. The van der Waals surface area contributed by atoms with Gasteiger partial charge in [0.25, 0.3) is 0 Å². The molecular formula is C14H18BrNOS. The second-order valence-corrected chi connectivity index (χ2v) is 7.68. The van der Waals surface area contributed by atoms with Gasteiger partial charge in [0.15, 0.2) is 5.78 Å². The summed E-state index contributed by atoms with van der Waals surface area (Å²) in [6.07, 6.45) is 0. The molecule has 0 amide bonds.